The fourth-order valence-electron chi connectivity index (χ4n) is 2.98. The zero-order valence-corrected chi connectivity index (χ0v) is 17.8. The Morgan fingerprint density at radius 1 is 0.964 bits per heavy atom. The Balaban J connectivity index is 1.79. The molecule has 2 N–H and O–H groups in total. The summed E-state index contributed by atoms with van der Waals surface area (Å²) in [5, 5.41) is 6.05. The van der Waals surface area contributed by atoms with E-state index >= 15 is 0 Å². The quantitative estimate of drug-likeness (QED) is 0.415. The first kappa shape index (κ1) is 21.9. The van der Waals surface area contributed by atoms with Gasteiger partial charge in [-0.15, -0.1) is 0 Å². The predicted octanol–water partition coefficient (Wildman–Crippen LogP) is 5.78. The number of ether oxygens (including phenoxy) is 1. The van der Waals surface area contributed by atoms with Crippen molar-refractivity contribution in [3.05, 3.63) is 59.2 Å². The smallest absolute Gasteiger partial charge is 0.257 e. The van der Waals surface area contributed by atoms with Gasteiger partial charge in [-0.05, 0) is 80.0 Å². The molecule has 0 unspecified atom stereocenters. The molecule has 0 aliphatic carbocycles. The Hall–Kier alpha value is -2.40. The summed E-state index contributed by atoms with van der Waals surface area (Å²) in [6.07, 6.45) is 6.03. The van der Waals surface area contributed by atoms with Crippen LogP contribution in [-0.2, 0) is 0 Å². The van der Waals surface area contributed by atoms with Gasteiger partial charge >= 0.3 is 0 Å². The number of carbonyl (C=O) groups excluding carboxylic acids is 1. The van der Waals surface area contributed by atoms with E-state index in [9.17, 15) is 4.79 Å². The molecule has 0 atom stereocenters. The second kappa shape index (κ2) is 11.4. The Kier molecular flexibility index (Phi) is 8.95. The van der Waals surface area contributed by atoms with Crippen LogP contribution in [0.2, 0.25) is 0 Å². The molecule has 0 heterocycles. The maximum absolute atomic E-state index is 12.4. The van der Waals surface area contributed by atoms with Crippen molar-refractivity contribution < 1.29 is 9.53 Å². The molecule has 5 heteroatoms. The molecule has 0 saturated carbocycles. The number of hydrogen-bond acceptors (Lipinski definition) is 3. The van der Waals surface area contributed by atoms with E-state index in [1.165, 1.54) is 25.7 Å². The Morgan fingerprint density at radius 2 is 1.61 bits per heavy atom. The van der Waals surface area contributed by atoms with Gasteiger partial charge in [0.1, 0.15) is 5.75 Å². The minimum atomic E-state index is -0.243. The molecule has 0 saturated heterocycles. The molecule has 0 bridgehead atoms. The topological polar surface area (TPSA) is 50.4 Å². The van der Waals surface area contributed by atoms with Crippen molar-refractivity contribution >= 4 is 28.9 Å². The number of aryl methyl sites for hydroxylation is 2. The van der Waals surface area contributed by atoms with Crippen LogP contribution in [0.3, 0.4) is 0 Å². The normalized spacial score (nSPS) is 10.4. The summed E-state index contributed by atoms with van der Waals surface area (Å²) < 4.78 is 5.73. The summed E-state index contributed by atoms with van der Waals surface area (Å²) in [5.41, 5.74) is 3.68. The van der Waals surface area contributed by atoms with Crippen LogP contribution >= 0.6 is 12.2 Å². The number of carbonyl (C=O) groups is 1. The van der Waals surface area contributed by atoms with Crippen LogP contribution in [0, 0.1) is 13.8 Å². The van der Waals surface area contributed by atoms with Crippen molar-refractivity contribution in [2.75, 3.05) is 11.9 Å². The SMILES string of the molecule is CCCCCCCOc1ccc(C(=O)NC(=S)Nc2cc(C)cc(C)c2)cc1. The third-order valence-corrected chi connectivity index (χ3v) is 4.54. The number of rotatable bonds is 9. The number of anilines is 1. The summed E-state index contributed by atoms with van der Waals surface area (Å²) in [4.78, 5) is 12.4. The van der Waals surface area contributed by atoms with E-state index in [1.807, 2.05) is 38.1 Å². The van der Waals surface area contributed by atoms with Gasteiger partial charge in [0.25, 0.3) is 5.91 Å². The molecule has 0 aliphatic heterocycles. The van der Waals surface area contributed by atoms with E-state index < -0.39 is 0 Å². The van der Waals surface area contributed by atoms with Gasteiger partial charge in [0.2, 0.25) is 0 Å². The van der Waals surface area contributed by atoms with Crippen LogP contribution in [0.4, 0.5) is 5.69 Å². The fourth-order valence-corrected chi connectivity index (χ4v) is 3.19. The minimum absolute atomic E-state index is 0.243. The highest BCUT2D eigenvalue weighted by Gasteiger charge is 2.08. The highest BCUT2D eigenvalue weighted by atomic mass is 32.1. The van der Waals surface area contributed by atoms with E-state index in [2.05, 4.69) is 23.6 Å². The number of amides is 1. The lowest BCUT2D eigenvalue weighted by Crippen LogP contribution is -2.34. The number of benzene rings is 2. The van der Waals surface area contributed by atoms with Crippen LogP contribution in [-0.4, -0.2) is 17.6 Å². The van der Waals surface area contributed by atoms with Crippen molar-refractivity contribution in [2.24, 2.45) is 0 Å². The molecule has 2 rings (SSSR count). The van der Waals surface area contributed by atoms with E-state index in [1.54, 1.807) is 12.1 Å². The number of hydrogen-bond donors (Lipinski definition) is 2. The molecule has 0 aromatic heterocycles. The Bertz CT molecular complexity index is 767. The maximum atomic E-state index is 12.4. The van der Waals surface area contributed by atoms with Crippen molar-refractivity contribution in [3.63, 3.8) is 0 Å². The van der Waals surface area contributed by atoms with Crippen LogP contribution in [0.1, 0.15) is 60.5 Å². The molecule has 2 aromatic carbocycles. The molecular weight excluding hydrogens is 368 g/mol. The van der Waals surface area contributed by atoms with E-state index in [4.69, 9.17) is 17.0 Å². The largest absolute Gasteiger partial charge is 0.494 e. The van der Waals surface area contributed by atoms with Crippen LogP contribution in [0.15, 0.2) is 42.5 Å². The Morgan fingerprint density at radius 3 is 2.25 bits per heavy atom. The molecule has 0 radical (unpaired) electrons. The molecule has 2 aromatic rings. The van der Waals surface area contributed by atoms with Gasteiger partial charge in [-0.2, -0.15) is 0 Å². The van der Waals surface area contributed by atoms with E-state index in [-0.39, 0.29) is 11.0 Å². The van der Waals surface area contributed by atoms with Crippen LogP contribution in [0.5, 0.6) is 5.75 Å². The van der Waals surface area contributed by atoms with Crippen molar-refractivity contribution in [1.82, 2.24) is 5.32 Å². The lowest BCUT2D eigenvalue weighted by atomic mass is 10.1. The predicted molar refractivity (Wildman–Crippen MR) is 120 cm³/mol. The number of thiocarbonyl (C=S) groups is 1. The lowest BCUT2D eigenvalue weighted by molar-refractivity contribution is 0.0977. The third-order valence-electron chi connectivity index (χ3n) is 4.34. The lowest BCUT2D eigenvalue weighted by Gasteiger charge is -2.11. The van der Waals surface area contributed by atoms with Crippen LogP contribution < -0.4 is 15.4 Å². The maximum Gasteiger partial charge on any atom is 0.257 e. The van der Waals surface area contributed by atoms with Crippen molar-refractivity contribution in [2.45, 2.75) is 52.9 Å². The molecule has 4 nitrogen and oxygen atoms in total. The summed E-state index contributed by atoms with van der Waals surface area (Å²) in [6.45, 7) is 6.96. The van der Waals surface area contributed by atoms with Gasteiger partial charge in [0.15, 0.2) is 5.11 Å². The van der Waals surface area contributed by atoms with Crippen molar-refractivity contribution in [3.8, 4) is 5.75 Å². The highest BCUT2D eigenvalue weighted by molar-refractivity contribution is 7.80. The first-order valence-corrected chi connectivity index (χ1v) is 10.3. The van der Waals surface area contributed by atoms with Crippen LogP contribution in [0.25, 0.3) is 0 Å². The van der Waals surface area contributed by atoms with Gasteiger partial charge in [0.05, 0.1) is 6.61 Å². The molecule has 0 spiro atoms. The zero-order valence-electron chi connectivity index (χ0n) is 17.0. The summed E-state index contributed by atoms with van der Waals surface area (Å²) in [6, 6.07) is 13.2. The molecule has 28 heavy (non-hydrogen) atoms. The second-order valence-electron chi connectivity index (χ2n) is 7.07. The molecule has 0 fully saturated rings. The Labute approximate surface area is 173 Å². The van der Waals surface area contributed by atoms with Crippen molar-refractivity contribution in [1.29, 1.82) is 0 Å². The second-order valence-corrected chi connectivity index (χ2v) is 7.48. The minimum Gasteiger partial charge on any atom is -0.494 e. The summed E-state index contributed by atoms with van der Waals surface area (Å²) in [7, 11) is 0. The standard InChI is InChI=1S/C23H30N2O2S/c1-4-5-6-7-8-13-27-21-11-9-19(10-12-21)22(26)25-23(28)24-20-15-17(2)14-18(3)16-20/h9-12,14-16H,4-8,13H2,1-3H3,(H2,24,25,26,28). The van der Waals surface area contributed by atoms with Gasteiger partial charge in [-0.1, -0.05) is 38.7 Å². The molecular formula is C23H30N2O2S. The summed E-state index contributed by atoms with van der Waals surface area (Å²) >= 11 is 5.26. The number of unbranched alkanes of at least 4 members (excludes halogenated alkanes) is 4. The van der Waals surface area contributed by atoms with E-state index in [0.717, 1.165) is 29.0 Å². The zero-order chi connectivity index (χ0) is 20.4. The molecule has 150 valence electrons. The highest BCUT2D eigenvalue weighted by Crippen LogP contribution is 2.15. The third kappa shape index (κ3) is 7.69. The van der Waals surface area contributed by atoms with E-state index in [0.29, 0.717) is 12.2 Å². The van der Waals surface area contributed by atoms with Gasteiger partial charge in [-0.3, -0.25) is 10.1 Å². The molecule has 0 aliphatic rings. The number of nitrogens with one attached hydrogen (secondary N) is 2. The van der Waals surface area contributed by atoms with Gasteiger partial charge in [0, 0.05) is 11.3 Å². The van der Waals surface area contributed by atoms with Gasteiger partial charge < -0.3 is 10.1 Å². The average molecular weight is 399 g/mol. The summed E-state index contributed by atoms with van der Waals surface area (Å²) in [5.74, 6) is 0.538. The average Bonchev–Trinajstić information content (AvgIpc) is 2.64. The van der Waals surface area contributed by atoms with Gasteiger partial charge in [-0.25, -0.2) is 0 Å². The molecule has 1 amide bonds. The monoisotopic (exact) mass is 398 g/mol. The fraction of sp³-hybridized carbons (Fsp3) is 0.391. The first-order chi connectivity index (χ1) is 13.5. The first-order valence-electron chi connectivity index (χ1n) is 9.91.